The van der Waals surface area contributed by atoms with Crippen LogP contribution in [0.25, 0.3) is 0 Å². The highest BCUT2D eigenvalue weighted by Gasteiger charge is 2.15. The van der Waals surface area contributed by atoms with Crippen molar-refractivity contribution in [1.29, 1.82) is 5.26 Å². The third-order valence-corrected chi connectivity index (χ3v) is 3.73. The van der Waals surface area contributed by atoms with Gasteiger partial charge in [0, 0.05) is 10.6 Å². The van der Waals surface area contributed by atoms with Crippen LogP contribution in [0.5, 0.6) is 0 Å². The van der Waals surface area contributed by atoms with Gasteiger partial charge in [-0.15, -0.1) is 11.8 Å². The lowest BCUT2D eigenvalue weighted by atomic mass is 10.1. The summed E-state index contributed by atoms with van der Waals surface area (Å²) < 4.78 is 18.5. The second kappa shape index (κ2) is 8.13. The zero-order chi connectivity index (χ0) is 17.5. The number of nitrogens with one attached hydrogen (secondary N) is 1. The zero-order valence-corrected chi connectivity index (χ0v) is 13.5. The standard InChI is InChI=1S/C17H13FN2O3S/c1-24-13-4-2-3-12(8-13)20-16(21)10-23-17(22)14-6-5-11(9-19)7-15(14)18/h2-8H,10H2,1H3,(H,20,21). The van der Waals surface area contributed by atoms with Gasteiger partial charge in [-0.25, -0.2) is 9.18 Å². The van der Waals surface area contributed by atoms with Gasteiger partial charge in [0.25, 0.3) is 5.91 Å². The normalized spacial score (nSPS) is 9.88. The second-order valence-corrected chi connectivity index (χ2v) is 5.54. The highest BCUT2D eigenvalue weighted by Crippen LogP contribution is 2.19. The summed E-state index contributed by atoms with van der Waals surface area (Å²) in [6.45, 7) is -0.540. The van der Waals surface area contributed by atoms with E-state index in [0.29, 0.717) is 5.69 Å². The Bertz CT molecular complexity index is 818. The van der Waals surface area contributed by atoms with E-state index >= 15 is 0 Å². The largest absolute Gasteiger partial charge is 0.452 e. The van der Waals surface area contributed by atoms with Crippen LogP contribution in [-0.2, 0) is 9.53 Å². The molecular formula is C17H13FN2O3S. The van der Waals surface area contributed by atoms with E-state index < -0.39 is 24.3 Å². The molecule has 0 unspecified atom stereocenters. The fourth-order valence-corrected chi connectivity index (χ4v) is 2.32. The number of nitriles is 1. The maximum atomic E-state index is 13.7. The first-order valence-electron chi connectivity index (χ1n) is 6.84. The van der Waals surface area contributed by atoms with Crippen molar-refractivity contribution >= 4 is 29.3 Å². The molecule has 0 saturated carbocycles. The van der Waals surface area contributed by atoms with E-state index in [9.17, 15) is 14.0 Å². The number of benzene rings is 2. The molecule has 2 rings (SSSR count). The maximum Gasteiger partial charge on any atom is 0.341 e. The van der Waals surface area contributed by atoms with Crippen LogP contribution in [0.3, 0.4) is 0 Å². The number of ether oxygens (including phenoxy) is 1. The highest BCUT2D eigenvalue weighted by atomic mass is 32.2. The lowest BCUT2D eigenvalue weighted by molar-refractivity contribution is -0.119. The summed E-state index contributed by atoms with van der Waals surface area (Å²) >= 11 is 1.53. The first-order valence-corrected chi connectivity index (χ1v) is 8.06. The molecule has 7 heteroatoms. The molecule has 0 radical (unpaired) electrons. The van der Waals surface area contributed by atoms with E-state index in [1.807, 2.05) is 12.3 Å². The van der Waals surface area contributed by atoms with E-state index in [4.69, 9.17) is 10.00 Å². The molecule has 0 saturated heterocycles. The number of rotatable bonds is 5. The Morgan fingerprint density at radius 1 is 1.29 bits per heavy atom. The summed E-state index contributed by atoms with van der Waals surface area (Å²) in [5.74, 6) is -2.37. The molecule has 5 nitrogen and oxygen atoms in total. The molecule has 1 amide bonds. The molecule has 0 aliphatic carbocycles. The Morgan fingerprint density at radius 2 is 2.08 bits per heavy atom. The van der Waals surface area contributed by atoms with Crippen LogP contribution in [0.2, 0.25) is 0 Å². The number of hydrogen-bond acceptors (Lipinski definition) is 5. The minimum atomic E-state index is -0.968. The molecule has 1 N–H and O–H groups in total. The molecule has 0 heterocycles. The van der Waals surface area contributed by atoms with E-state index in [1.165, 1.54) is 17.8 Å². The van der Waals surface area contributed by atoms with Gasteiger partial charge < -0.3 is 10.1 Å². The third kappa shape index (κ3) is 4.57. The van der Waals surface area contributed by atoms with Crippen molar-refractivity contribution in [3.05, 3.63) is 59.4 Å². The van der Waals surface area contributed by atoms with Gasteiger partial charge in [-0.1, -0.05) is 6.07 Å². The Morgan fingerprint density at radius 3 is 2.75 bits per heavy atom. The number of anilines is 1. The number of thioether (sulfide) groups is 1. The van der Waals surface area contributed by atoms with Crippen LogP contribution in [0.1, 0.15) is 15.9 Å². The monoisotopic (exact) mass is 344 g/mol. The van der Waals surface area contributed by atoms with Crippen LogP contribution in [-0.4, -0.2) is 24.7 Å². The van der Waals surface area contributed by atoms with Gasteiger partial charge in [-0.3, -0.25) is 4.79 Å². The predicted molar refractivity (Wildman–Crippen MR) is 88.3 cm³/mol. The van der Waals surface area contributed by atoms with E-state index in [1.54, 1.807) is 24.3 Å². The fourth-order valence-electron chi connectivity index (χ4n) is 1.86. The Balaban J connectivity index is 1.94. The van der Waals surface area contributed by atoms with Gasteiger partial charge in [0.1, 0.15) is 5.82 Å². The van der Waals surface area contributed by atoms with Gasteiger partial charge in [0.2, 0.25) is 0 Å². The molecule has 0 fully saturated rings. The van der Waals surface area contributed by atoms with Crippen LogP contribution in [0.15, 0.2) is 47.4 Å². The molecule has 0 atom stereocenters. The SMILES string of the molecule is CSc1cccc(NC(=O)COC(=O)c2ccc(C#N)cc2F)c1. The number of nitrogens with zero attached hydrogens (tertiary/aromatic N) is 1. The summed E-state index contributed by atoms with van der Waals surface area (Å²) in [4.78, 5) is 24.6. The van der Waals surface area contributed by atoms with Gasteiger partial charge >= 0.3 is 5.97 Å². The summed E-state index contributed by atoms with van der Waals surface area (Å²) in [5.41, 5.74) is 0.342. The number of halogens is 1. The molecule has 0 aliphatic heterocycles. The smallest absolute Gasteiger partial charge is 0.341 e. The number of carbonyl (C=O) groups is 2. The molecule has 0 aliphatic rings. The molecule has 0 aromatic heterocycles. The van der Waals surface area contributed by atoms with Crippen molar-refractivity contribution in [2.24, 2.45) is 0 Å². The average Bonchev–Trinajstić information content (AvgIpc) is 2.59. The Hall–Kier alpha value is -2.85. The predicted octanol–water partition coefficient (Wildman–Crippen LogP) is 3.21. The Kier molecular flexibility index (Phi) is 5.93. The first-order chi connectivity index (χ1) is 11.5. The third-order valence-electron chi connectivity index (χ3n) is 3.01. The minimum Gasteiger partial charge on any atom is -0.452 e. The average molecular weight is 344 g/mol. The van der Waals surface area contributed by atoms with E-state index in [-0.39, 0.29) is 11.1 Å². The van der Waals surface area contributed by atoms with Crippen molar-refractivity contribution in [3.63, 3.8) is 0 Å². The van der Waals surface area contributed by atoms with Crippen LogP contribution in [0, 0.1) is 17.1 Å². The van der Waals surface area contributed by atoms with E-state index in [2.05, 4.69) is 5.32 Å². The van der Waals surface area contributed by atoms with Gasteiger partial charge in [0.15, 0.2) is 6.61 Å². The van der Waals surface area contributed by atoms with Crippen molar-refractivity contribution in [2.75, 3.05) is 18.2 Å². The quantitative estimate of drug-likeness (QED) is 0.665. The van der Waals surface area contributed by atoms with E-state index in [0.717, 1.165) is 17.0 Å². The van der Waals surface area contributed by atoms with Gasteiger partial charge in [-0.2, -0.15) is 5.26 Å². The summed E-state index contributed by atoms with van der Waals surface area (Å²) in [6, 6.07) is 12.3. The van der Waals surface area contributed by atoms with Crippen molar-refractivity contribution in [1.82, 2.24) is 0 Å². The number of carbonyl (C=O) groups excluding carboxylic acids is 2. The molecular weight excluding hydrogens is 331 g/mol. The van der Waals surface area contributed by atoms with Gasteiger partial charge in [-0.05, 0) is 42.7 Å². The van der Waals surface area contributed by atoms with Gasteiger partial charge in [0.05, 0.1) is 17.2 Å². The lowest BCUT2D eigenvalue weighted by Crippen LogP contribution is -2.21. The minimum absolute atomic E-state index is 0.0930. The highest BCUT2D eigenvalue weighted by molar-refractivity contribution is 7.98. The molecule has 2 aromatic rings. The lowest BCUT2D eigenvalue weighted by Gasteiger charge is -2.08. The number of hydrogen-bond donors (Lipinski definition) is 1. The maximum absolute atomic E-state index is 13.7. The zero-order valence-electron chi connectivity index (χ0n) is 12.7. The summed E-state index contributed by atoms with van der Waals surface area (Å²) in [5, 5.41) is 11.2. The Labute approximate surface area is 142 Å². The second-order valence-electron chi connectivity index (χ2n) is 4.66. The van der Waals surface area contributed by atoms with Crippen molar-refractivity contribution < 1.29 is 18.7 Å². The fraction of sp³-hybridized carbons (Fsp3) is 0.118. The number of esters is 1. The molecule has 122 valence electrons. The van der Waals surface area contributed by atoms with Crippen molar-refractivity contribution in [3.8, 4) is 6.07 Å². The topological polar surface area (TPSA) is 79.2 Å². The van der Waals surface area contributed by atoms with Crippen LogP contribution in [0.4, 0.5) is 10.1 Å². The molecule has 2 aromatic carbocycles. The molecule has 0 spiro atoms. The number of amides is 1. The summed E-state index contributed by atoms with van der Waals surface area (Å²) in [6.07, 6.45) is 1.91. The summed E-state index contributed by atoms with van der Waals surface area (Å²) in [7, 11) is 0. The van der Waals surface area contributed by atoms with Crippen molar-refractivity contribution in [2.45, 2.75) is 4.90 Å². The van der Waals surface area contributed by atoms with Crippen LogP contribution >= 0.6 is 11.8 Å². The first kappa shape index (κ1) is 17.5. The van der Waals surface area contributed by atoms with Crippen LogP contribution < -0.4 is 5.32 Å². The molecule has 0 bridgehead atoms. The molecule has 24 heavy (non-hydrogen) atoms.